The molecule has 15 heavy (non-hydrogen) atoms. The van der Waals surface area contributed by atoms with E-state index < -0.39 is 0 Å². The molecule has 0 spiro atoms. The third-order valence-electron chi connectivity index (χ3n) is 3.64. The SMILES string of the molecule is NCCCC1CCCN(CC2COC2)C1. The number of rotatable bonds is 5. The first-order chi connectivity index (χ1) is 7.38. The minimum Gasteiger partial charge on any atom is -0.381 e. The predicted molar refractivity (Wildman–Crippen MR) is 61.8 cm³/mol. The van der Waals surface area contributed by atoms with Crippen molar-refractivity contribution in [3.63, 3.8) is 0 Å². The molecule has 2 N–H and O–H groups in total. The lowest BCUT2D eigenvalue weighted by atomic mass is 9.92. The third kappa shape index (κ3) is 3.44. The molecule has 3 nitrogen and oxygen atoms in total. The smallest absolute Gasteiger partial charge is 0.0528 e. The van der Waals surface area contributed by atoms with Gasteiger partial charge < -0.3 is 15.4 Å². The Balaban J connectivity index is 1.66. The van der Waals surface area contributed by atoms with Gasteiger partial charge in [-0.25, -0.2) is 0 Å². The zero-order chi connectivity index (χ0) is 10.5. The van der Waals surface area contributed by atoms with E-state index in [1.54, 1.807) is 0 Å². The van der Waals surface area contributed by atoms with Crippen LogP contribution in [0.2, 0.25) is 0 Å². The molecule has 0 amide bonds. The van der Waals surface area contributed by atoms with Crippen LogP contribution >= 0.6 is 0 Å². The van der Waals surface area contributed by atoms with Gasteiger partial charge in [0.1, 0.15) is 0 Å². The number of nitrogens with zero attached hydrogens (tertiary/aromatic N) is 1. The molecule has 2 aliphatic heterocycles. The van der Waals surface area contributed by atoms with Crippen molar-refractivity contribution in [3.8, 4) is 0 Å². The molecule has 0 aromatic rings. The molecule has 1 atom stereocenters. The highest BCUT2D eigenvalue weighted by atomic mass is 16.5. The fourth-order valence-electron chi connectivity index (χ4n) is 2.71. The topological polar surface area (TPSA) is 38.5 Å². The molecule has 0 saturated carbocycles. The van der Waals surface area contributed by atoms with E-state index in [2.05, 4.69) is 4.90 Å². The van der Waals surface area contributed by atoms with E-state index in [0.717, 1.165) is 31.6 Å². The van der Waals surface area contributed by atoms with E-state index in [4.69, 9.17) is 10.5 Å². The van der Waals surface area contributed by atoms with E-state index in [1.807, 2.05) is 0 Å². The van der Waals surface area contributed by atoms with Crippen LogP contribution in [0, 0.1) is 11.8 Å². The quantitative estimate of drug-likeness (QED) is 0.741. The number of ether oxygens (including phenoxy) is 1. The van der Waals surface area contributed by atoms with Gasteiger partial charge in [0.05, 0.1) is 13.2 Å². The van der Waals surface area contributed by atoms with Crippen molar-refractivity contribution < 1.29 is 4.74 Å². The molecule has 2 rings (SSSR count). The first-order valence-electron chi connectivity index (χ1n) is 6.38. The van der Waals surface area contributed by atoms with Crippen molar-refractivity contribution in [2.24, 2.45) is 17.6 Å². The average molecular weight is 212 g/mol. The second-order valence-corrected chi connectivity index (χ2v) is 5.10. The Morgan fingerprint density at radius 3 is 2.80 bits per heavy atom. The molecule has 0 radical (unpaired) electrons. The summed E-state index contributed by atoms with van der Waals surface area (Å²) in [7, 11) is 0. The highest BCUT2D eigenvalue weighted by Crippen LogP contribution is 2.22. The van der Waals surface area contributed by atoms with Crippen LogP contribution in [-0.2, 0) is 4.74 Å². The van der Waals surface area contributed by atoms with Crippen LogP contribution in [0.1, 0.15) is 25.7 Å². The molecule has 2 saturated heterocycles. The standard InChI is InChI=1S/C12H24N2O/c13-5-1-3-11-4-2-6-14(7-11)8-12-9-15-10-12/h11-12H,1-10,13H2. The Bertz CT molecular complexity index is 182. The summed E-state index contributed by atoms with van der Waals surface area (Å²) in [4.78, 5) is 2.64. The third-order valence-corrected chi connectivity index (χ3v) is 3.64. The van der Waals surface area contributed by atoms with Crippen LogP contribution < -0.4 is 5.73 Å². The van der Waals surface area contributed by atoms with Crippen molar-refractivity contribution >= 4 is 0 Å². The van der Waals surface area contributed by atoms with E-state index in [-0.39, 0.29) is 0 Å². The largest absolute Gasteiger partial charge is 0.381 e. The molecule has 0 aliphatic carbocycles. The van der Waals surface area contributed by atoms with Gasteiger partial charge in [0.15, 0.2) is 0 Å². The van der Waals surface area contributed by atoms with Gasteiger partial charge in [-0.2, -0.15) is 0 Å². The molecule has 2 fully saturated rings. The summed E-state index contributed by atoms with van der Waals surface area (Å²) in [6.07, 6.45) is 5.32. The Labute approximate surface area is 93.0 Å². The summed E-state index contributed by atoms with van der Waals surface area (Å²) in [5.74, 6) is 1.72. The van der Waals surface area contributed by atoms with E-state index >= 15 is 0 Å². The van der Waals surface area contributed by atoms with Gasteiger partial charge in [0.2, 0.25) is 0 Å². The number of hydrogen-bond donors (Lipinski definition) is 1. The van der Waals surface area contributed by atoms with Crippen molar-refractivity contribution in [2.45, 2.75) is 25.7 Å². The second kappa shape index (κ2) is 5.83. The summed E-state index contributed by atoms with van der Waals surface area (Å²) < 4.78 is 5.22. The number of likely N-dealkylation sites (tertiary alicyclic amines) is 1. The molecule has 1 unspecified atom stereocenters. The van der Waals surface area contributed by atoms with Crippen LogP contribution in [0.4, 0.5) is 0 Å². The number of hydrogen-bond acceptors (Lipinski definition) is 3. The van der Waals surface area contributed by atoms with Gasteiger partial charge in [-0.05, 0) is 44.7 Å². The Kier molecular flexibility index (Phi) is 4.42. The number of nitrogens with two attached hydrogens (primary N) is 1. The summed E-state index contributed by atoms with van der Waals surface area (Å²) in [5.41, 5.74) is 5.56. The van der Waals surface area contributed by atoms with E-state index in [0.29, 0.717) is 0 Å². The Hall–Kier alpha value is -0.120. The van der Waals surface area contributed by atoms with E-state index in [1.165, 1.54) is 45.3 Å². The zero-order valence-corrected chi connectivity index (χ0v) is 9.66. The highest BCUT2D eigenvalue weighted by molar-refractivity contribution is 4.77. The monoisotopic (exact) mass is 212 g/mol. The predicted octanol–water partition coefficient (Wildman–Crippen LogP) is 1.08. The summed E-state index contributed by atoms with van der Waals surface area (Å²) in [5, 5.41) is 0. The summed E-state index contributed by atoms with van der Waals surface area (Å²) in [6, 6.07) is 0. The maximum atomic E-state index is 5.56. The van der Waals surface area contributed by atoms with Gasteiger partial charge >= 0.3 is 0 Å². The molecule has 88 valence electrons. The normalized spacial score (nSPS) is 29.0. The molecule has 3 heteroatoms. The van der Waals surface area contributed by atoms with Crippen molar-refractivity contribution in [2.75, 3.05) is 39.4 Å². The minimum atomic E-state index is 0.818. The van der Waals surface area contributed by atoms with Gasteiger partial charge in [-0.1, -0.05) is 0 Å². The number of piperidine rings is 1. The molecule has 2 aliphatic rings. The van der Waals surface area contributed by atoms with Gasteiger partial charge in [0.25, 0.3) is 0 Å². The van der Waals surface area contributed by atoms with Crippen molar-refractivity contribution in [3.05, 3.63) is 0 Å². The molecular formula is C12H24N2O. The van der Waals surface area contributed by atoms with Gasteiger partial charge in [-0.3, -0.25) is 0 Å². The summed E-state index contributed by atoms with van der Waals surface area (Å²) >= 11 is 0. The lowest BCUT2D eigenvalue weighted by molar-refractivity contribution is -0.0508. The minimum absolute atomic E-state index is 0.818. The maximum absolute atomic E-state index is 5.56. The molecular weight excluding hydrogens is 188 g/mol. The first-order valence-corrected chi connectivity index (χ1v) is 6.38. The molecule has 0 aromatic heterocycles. The van der Waals surface area contributed by atoms with Gasteiger partial charge in [0, 0.05) is 19.0 Å². The average Bonchev–Trinajstić information content (AvgIpc) is 2.21. The van der Waals surface area contributed by atoms with Crippen molar-refractivity contribution in [1.29, 1.82) is 0 Å². The maximum Gasteiger partial charge on any atom is 0.0528 e. The Morgan fingerprint density at radius 2 is 2.13 bits per heavy atom. The van der Waals surface area contributed by atoms with Gasteiger partial charge in [-0.15, -0.1) is 0 Å². The van der Waals surface area contributed by atoms with Crippen molar-refractivity contribution in [1.82, 2.24) is 4.90 Å². The summed E-state index contributed by atoms with van der Waals surface area (Å²) in [6.45, 7) is 6.70. The molecule has 0 bridgehead atoms. The van der Waals surface area contributed by atoms with Crippen LogP contribution in [0.25, 0.3) is 0 Å². The van der Waals surface area contributed by atoms with E-state index in [9.17, 15) is 0 Å². The van der Waals surface area contributed by atoms with Crippen LogP contribution in [0.5, 0.6) is 0 Å². The molecule has 2 heterocycles. The van der Waals surface area contributed by atoms with Crippen LogP contribution in [0.15, 0.2) is 0 Å². The van der Waals surface area contributed by atoms with Crippen LogP contribution in [0.3, 0.4) is 0 Å². The fraction of sp³-hybridized carbons (Fsp3) is 1.00. The first kappa shape index (κ1) is 11.4. The fourth-order valence-corrected chi connectivity index (χ4v) is 2.71. The zero-order valence-electron chi connectivity index (χ0n) is 9.66. The van der Waals surface area contributed by atoms with Crippen LogP contribution in [-0.4, -0.2) is 44.3 Å². The molecule has 0 aromatic carbocycles. The lowest BCUT2D eigenvalue weighted by Crippen LogP contribution is -2.43. The highest BCUT2D eigenvalue weighted by Gasteiger charge is 2.25. The lowest BCUT2D eigenvalue weighted by Gasteiger charge is -2.37. The second-order valence-electron chi connectivity index (χ2n) is 5.10. The Morgan fingerprint density at radius 1 is 1.27 bits per heavy atom.